The number of carbonyl (C=O) groups excluding carboxylic acids is 2. The van der Waals surface area contributed by atoms with E-state index >= 15 is 0 Å². The number of amides is 2. The van der Waals surface area contributed by atoms with Crippen LogP contribution in [0.5, 0.6) is 11.5 Å². The molecule has 0 fully saturated rings. The van der Waals surface area contributed by atoms with Crippen LogP contribution in [0.15, 0.2) is 72.8 Å². The van der Waals surface area contributed by atoms with Crippen molar-refractivity contribution in [2.75, 3.05) is 17.7 Å². The van der Waals surface area contributed by atoms with Crippen molar-refractivity contribution in [1.82, 2.24) is 0 Å². The van der Waals surface area contributed by atoms with Crippen LogP contribution in [0.4, 0.5) is 11.4 Å². The molecule has 2 N–H and O–H groups in total. The summed E-state index contributed by atoms with van der Waals surface area (Å²) in [6.07, 6.45) is 0. The highest BCUT2D eigenvalue weighted by atomic mass is 35.5. The van der Waals surface area contributed by atoms with Gasteiger partial charge in [-0.15, -0.1) is 0 Å². The van der Waals surface area contributed by atoms with E-state index in [4.69, 9.17) is 21.1 Å². The Morgan fingerprint density at radius 2 is 1.58 bits per heavy atom. The molecule has 0 bridgehead atoms. The number of halogens is 1. The van der Waals surface area contributed by atoms with Gasteiger partial charge in [0.05, 0.1) is 23.4 Å². The number of nitrogens with one attached hydrogen (secondary N) is 2. The molecule has 0 aliphatic rings. The van der Waals surface area contributed by atoms with E-state index in [1.165, 1.54) is 7.11 Å². The van der Waals surface area contributed by atoms with E-state index in [0.717, 1.165) is 0 Å². The lowest BCUT2D eigenvalue weighted by Crippen LogP contribution is -2.42. The Morgan fingerprint density at radius 3 is 2.26 bits per heavy atom. The van der Waals surface area contributed by atoms with Crippen molar-refractivity contribution in [2.24, 2.45) is 0 Å². The summed E-state index contributed by atoms with van der Waals surface area (Å²) in [5.74, 6) is 0.294. The maximum Gasteiger partial charge on any atom is 0.267 e. The molecule has 0 aliphatic carbocycles. The molecule has 0 aromatic heterocycles. The van der Waals surface area contributed by atoms with Crippen molar-refractivity contribution < 1.29 is 19.1 Å². The molecule has 0 saturated carbocycles. The lowest BCUT2D eigenvalue weighted by Gasteiger charge is -2.25. The number of rotatable bonds is 7. The third-order valence-corrected chi connectivity index (χ3v) is 4.82. The monoisotopic (exact) mass is 438 g/mol. The molecular formula is C24H23ClN2O4. The fourth-order valence-electron chi connectivity index (χ4n) is 2.82. The molecule has 0 unspecified atom stereocenters. The van der Waals surface area contributed by atoms with Crippen LogP contribution in [0.3, 0.4) is 0 Å². The number of hydrogen-bond acceptors (Lipinski definition) is 4. The first-order valence-corrected chi connectivity index (χ1v) is 9.97. The third kappa shape index (κ3) is 5.55. The molecule has 6 nitrogen and oxygen atoms in total. The first-order chi connectivity index (χ1) is 14.8. The second-order valence-electron chi connectivity index (χ2n) is 7.23. The van der Waals surface area contributed by atoms with E-state index in [9.17, 15) is 9.59 Å². The second kappa shape index (κ2) is 9.53. The van der Waals surface area contributed by atoms with Crippen molar-refractivity contribution >= 4 is 34.8 Å². The van der Waals surface area contributed by atoms with Crippen molar-refractivity contribution in [3.63, 3.8) is 0 Å². The molecule has 0 heterocycles. The van der Waals surface area contributed by atoms with Crippen LogP contribution in [0.2, 0.25) is 5.02 Å². The molecule has 0 atom stereocenters. The average Bonchev–Trinajstić information content (AvgIpc) is 2.75. The summed E-state index contributed by atoms with van der Waals surface area (Å²) in [6.45, 7) is 3.37. The lowest BCUT2D eigenvalue weighted by atomic mass is 10.1. The number of hydrogen-bond donors (Lipinski definition) is 2. The Hall–Kier alpha value is -3.51. The van der Waals surface area contributed by atoms with Crippen LogP contribution < -0.4 is 20.1 Å². The molecule has 0 saturated heterocycles. The minimum Gasteiger partial charge on any atom is -0.494 e. The van der Waals surface area contributed by atoms with Gasteiger partial charge in [0.1, 0.15) is 11.5 Å². The van der Waals surface area contributed by atoms with Gasteiger partial charge in [0.2, 0.25) is 0 Å². The van der Waals surface area contributed by atoms with Crippen molar-refractivity contribution in [3.05, 3.63) is 83.4 Å². The Balaban J connectivity index is 1.73. The fourth-order valence-corrected chi connectivity index (χ4v) is 3.04. The second-order valence-corrected chi connectivity index (χ2v) is 7.64. The Morgan fingerprint density at radius 1 is 0.903 bits per heavy atom. The quantitative estimate of drug-likeness (QED) is 0.518. The molecule has 3 aromatic rings. The highest BCUT2D eigenvalue weighted by molar-refractivity contribution is 6.34. The number of ether oxygens (including phenoxy) is 2. The van der Waals surface area contributed by atoms with Crippen LogP contribution in [0.1, 0.15) is 24.2 Å². The highest BCUT2D eigenvalue weighted by Gasteiger charge is 2.30. The van der Waals surface area contributed by atoms with Crippen molar-refractivity contribution in [1.29, 1.82) is 0 Å². The zero-order valence-electron chi connectivity index (χ0n) is 17.4. The van der Waals surface area contributed by atoms with Crippen LogP contribution in [0.25, 0.3) is 0 Å². The Bertz CT molecular complexity index is 1080. The number of carbonyl (C=O) groups is 2. The summed E-state index contributed by atoms with van der Waals surface area (Å²) in [7, 11) is 1.48. The van der Waals surface area contributed by atoms with Crippen LogP contribution in [0, 0.1) is 0 Å². The molecule has 0 radical (unpaired) electrons. The molecule has 3 aromatic carbocycles. The first-order valence-electron chi connectivity index (χ1n) is 9.59. The normalized spacial score (nSPS) is 10.8. The van der Waals surface area contributed by atoms with Gasteiger partial charge in [0.25, 0.3) is 11.8 Å². The number of benzene rings is 3. The van der Waals surface area contributed by atoms with Gasteiger partial charge in [0.15, 0.2) is 5.60 Å². The average molecular weight is 439 g/mol. The minimum absolute atomic E-state index is 0.328. The first kappa shape index (κ1) is 22.2. The van der Waals surface area contributed by atoms with Crippen LogP contribution in [-0.2, 0) is 4.79 Å². The number of anilines is 2. The van der Waals surface area contributed by atoms with E-state index in [-0.39, 0.29) is 11.8 Å². The summed E-state index contributed by atoms with van der Waals surface area (Å²) in [4.78, 5) is 25.3. The van der Waals surface area contributed by atoms with Gasteiger partial charge in [-0.2, -0.15) is 0 Å². The van der Waals surface area contributed by atoms with Gasteiger partial charge in [-0.05, 0) is 50.2 Å². The molecule has 2 amide bonds. The Labute approximate surface area is 186 Å². The Kier molecular flexibility index (Phi) is 6.82. The molecule has 160 valence electrons. The van der Waals surface area contributed by atoms with E-state index in [1.54, 1.807) is 68.4 Å². The standard InChI is InChI=1S/C24H23ClN2O4/c1-24(2,31-17-9-5-4-6-10-17)23(29)26-16-13-14-20(21(15-16)30-3)27-22(28)18-11-7-8-12-19(18)25/h4-15H,1-3H3,(H,26,29)(H,27,28). The molecule has 3 rings (SSSR count). The summed E-state index contributed by atoms with van der Waals surface area (Å²) in [6, 6.07) is 20.8. The summed E-state index contributed by atoms with van der Waals surface area (Å²) in [5.41, 5.74) is 0.196. The molecule has 7 heteroatoms. The maximum atomic E-state index is 12.8. The van der Waals surface area contributed by atoms with E-state index in [2.05, 4.69) is 10.6 Å². The van der Waals surface area contributed by atoms with Crippen LogP contribution >= 0.6 is 11.6 Å². The zero-order chi connectivity index (χ0) is 22.4. The molecule has 0 spiro atoms. The minimum atomic E-state index is -1.11. The lowest BCUT2D eigenvalue weighted by molar-refractivity contribution is -0.128. The van der Waals surface area contributed by atoms with Gasteiger partial charge in [-0.25, -0.2) is 0 Å². The van der Waals surface area contributed by atoms with Crippen molar-refractivity contribution in [3.8, 4) is 11.5 Å². The third-order valence-electron chi connectivity index (χ3n) is 4.49. The van der Waals surface area contributed by atoms with Gasteiger partial charge in [-0.3, -0.25) is 9.59 Å². The number of para-hydroxylation sites is 1. The SMILES string of the molecule is COc1cc(NC(=O)C(C)(C)Oc2ccccc2)ccc1NC(=O)c1ccccc1Cl. The maximum absolute atomic E-state index is 12.8. The summed E-state index contributed by atoms with van der Waals surface area (Å²) < 4.78 is 11.2. The van der Waals surface area contributed by atoms with Gasteiger partial charge in [0, 0.05) is 11.8 Å². The molecular weight excluding hydrogens is 416 g/mol. The predicted octanol–water partition coefficient (Wildman–Crippen LogP) is 5.40. The smallest absolute Gasteiger partial charge is 0.267 e. The van der Waals surface area contributed by atoms with E-state index in [1.807, 2.05) is 18.2 Å². The van der Waals surface area contributed by atoms with E-state index in [0.29, 0.717) is 33.5 Å². The molecule has 31 heavy (non-hydrogen) atoms. The fraction of sp³-hybridized carbons (Fsp3) is 0.167. The van der Waals surface area contributed by atoms with Gasteiger partial charge in [-0.1, -0.05) is 41.9 Å². The van der Waals surface area contributed by atoms with E-state index < -0.39 is 5.60 Å². The van der Waals surface area contributed by atoms with Gasteiger partial charge < -0.3 is 20.1 Å². The highest BCUT2D eigenvalue weighted by Crippen LogP contribution is 2.30. The summed E-state index contributed by atoms with van der Waals surface area (Å²) >= 11 is 6.09. The largest absolute Gasteiger partial charge is 0.494 e. The number of methoxy groups -OCH3 is 1. The zero-order valence-corrected chi connectivity index (χ0v) is 18.2. The topological polar surface area (TPSA) is 76.7 Å². The predicted molar refractivity (Wildman–Crippen MR) is 122 cm³/mol. The summed E-state index contributed by atoms with van der Waals surface area (Å²) in [5, 5.41) is 5.95. The molecule has 0 aliphatic heterocycles. The van der Waals surface area contributed by atoms with Crippen LogP contribution in [-0.4, -0.2) is 24.5 Å². The van der Waals surface area contributed by atoms with Gasteiger partial charge >= 0.3 is 0 Å². The van der Waals surface area contributed by atoms with Crippen molar-refractivity contribution in [2.45, 2.75) is 19.4 Å².